The van der Waals surface area contributed by atoms with Crippen molar-refractivity contribution in [3.05, 3.63) is 14.7 Å². The van der Waals surface area contributed by atoms with Gasteiger partial charge in [-0.1, -0.05) is 13.8 Å². The first-order chi connectivity index (χ1) is 7.40. The lowest BCUT2D eigenvalue weighted by Gasteiger charge is -2.06. The zero-order valence-electron chi connectivity index (χ0n) is 9.04. The third kappa shape index (κ3) is 3.61. The summed E-state index contributed by atoms with van der Waals surface area (Å²) in [5.41, 5.74) is 5.69. The van der Waals surface area contributed by atoms with Crippen LogP contribution in [0.5, 0.6) is 0 Å². The average molecular weight is 305 g/mol. The van der Waals surface area contributed by atoms with Crippen LogP contribution in [-0.4, -0.2) is 11.8 Å². The van der Waals surface area contributed by atoms with Gasteiger partial charge in [-0.05, 0) is 27.9 Å². The molecular formula is C10H13BrN2O2S. The predicted molar refractivity (Wildman–Crippen MR) is 68.6 cm³/mol. The molecule has 0 unspecified atom stereocenters. The Kier molecular flexibility index (Phi) is 4.49. The van der Waals surface area contributed by atoms with E-state index in [0.29, 0.717) is 17.0 Å². The molecule has 0 fully saturated rings. The Hall–Kier alpha value is -0.880. The molecule has 0 spiro atoms. The molecule has 1 heterocycles. The lowest BCUT2D eigenvalue weighted by molar-refractivity contribution is -0.116. The summed E-state index contributed by atoms with van der Waals surface area (Å²) in [6.07, 6.45) is 0.422. The standard InChI is InChI=1S/C10H13BrN2O2S/c1-5(2)3-8(14)13-6-4-7(11)16-9(6)10(12)15/h4-5H,3H2,1-2H3,(H2,12,15)(H,13,14). The number of thiophene rings is 1. The highest BCUT2D eigenvalue weighted by molar-refractivity contribution is 9.11. The average Bonchev–Trinajstić information content (AvgIpc) is 2.44. The molecule has 0 bridgehead atoms. The number of nitrogens with one attached hydrogen (secondary N) is 1. The van der Waals surface area contributed by atoms with Crippen LogP contribution in [0.3, 0.4) is 0 Å². The monoisotopic (exact) mass is 304 g/mol. The molecule has 0 saturated carbocycles. The minimum atomic E-state index is -0.532. The third-order valence-corrected chi connectivity index (χ3v) is 3.45. The summed E-state index contributed by atoms with van der Waals surface area (Å²) in [6, 6.07) is 1.68. The number of carbonyl (C=O) groups excluding carboxylic acids is 2. The SMILES string of the molecule is CC(C)CC(=O)Nc1cc(Br)sc1C(N)=O. The van der Waals surface area contributed by atoms with Crippen molar-refractivity contribution in [2.24, 2.45) is 11.7 Å². The van der Waals surface area contributed by atoms with E-state index >= 15 is 0 Å². The van der Waals surface area contributed by atoms with Crippen molar-refractivity contribution in [2.75, 3.05) is 5.32 Å². The summed E-state index contributed by atoms with van der Waals surface area (Å²) in [7, 11) is 0. The van der Waals surface area contributed by atoms with Gasteiger partial charge >= 0.3 is 0 Å². The van der Waals surface area contributed by atoms with Gasteiger partial charge in [-0.15, -0.1) is 11.3 Å². The fourth-order valence-electron chi connectivity index (χ4n) is 1.21. The topological polar surface area (TPSA) is 72.2 Å². The minimum Gasteiger partial charge on any atom is -0.365 e. The third-order valence-electron chi connectivity index (χ3n) is 1.79. The van der Waals surface area contributed by atoms with Crippen LogP contribution in [-0.2, 0) is 4.79 Å². The van der Waals surface area contributed by atoms with Gasteiger partial charge in [0.1, 0.15) is 4.88 Å². The van der Waals surface area contributed by atoms with Gasteiger partial charge in [-0.25, -0.2) is 0 Å². The van der Waals surface area contributed by atoms with Gasteiger partial charge < -0.3 is 11.1 Å². The van der Waals surface area contributed by atoms with Gasteiger partial charge in [-0.3, -0.25) is 9.59 Å². The maximum atomic E-state index is 11.5. The van der Waals surface area contributed by atoms with Gasteiger partial charge in [0, 0.05) is 6.42 Å². The number of anilines is 1. The van der Waals surface area contributed by atoms with Crippen LogP contribution in [0.2, 0.25) is 0 Å². The number of halogens is 1. The molecule has 4 nitrogen and oxygen atoms in total. The van der Waals surface area contributed by atoms with Gasteiger partial charge in [0.25, 0.3) is 5.91 Å². The van der Waals surface area contributed by atoms with E-state index in [1.165, 1.54) is 11.3 Å². The van der Waals surface area contributed by atoms with Crippen LogP contribution >= 0.6 is 27.3 Å². The van der Waals surface area contributed by atoms with Crippen molar-refractivity contribution < 1.29 is 9.59 Å². The highest BCUT2D eigenvalue weighted by atomic mass is 79.9. The molecule has 0 aromatic carbocycles. The summed E-state index contributed by atoms with van der Waals surface area (Å²) < 4.78 is 0.765. The molecule has 2 amide bonds. The van der Waals surface area contributed by atoms with Crippen LogP contribution < -0.4 is 11.1 Å². The normalized spacial score (nSPS) is 10.5. The Morgan fingerprint density at radius 3 is 2.69 bits per heavy atom. The maximum absolute atomic E-state index is 11.5. The molecule has 0 radical (unpaired) electrons. The lowest BCUT2D eigenvalue weighted by Crippen LogP contribution is -2.17. The highest BCUT2D eigenvalue weighted by Gasteiger charge is 2.15. The molecule has 1 rings (SSSR count). The van der Waals surface area contributed by atoms with E-state index in [4.69, 9.17) is 5.73 Å². The maximum Gasteiger partial charge on any atom is 0.260 e. The van der Waals surface area contributed by atoms with E-state index in [1.807, 2.05) is 13.8 Å². The molecule has 3 N–H and O–H groups in total. The number of hydrogen-bond donors (Lipinski definition) is 2. The van der Waals surface area contributed by atoms with Crippen molar-refractivity contribution in [2.45, 2.75) is 20.3 Å². The Morgan fingerprint density at radius 2 is 2.19 bits per heavy atom. The second-order valence-electron chi connectivity index (χ2n) is 3.80. The Bertz CT molecular complexity index is 415. The highest BCUT2D eigenvalue weighted by Crippen LogP contribution is 2.31. The van der Waals surface area contributed by atoms with Gasteiger partial charge in [-0.2, -0.15) is 0 Å². The molecule has 16 heavy (non-hydrogen) atoms. The number of hydrogen-bond acceptors (Lipinski definition) is 3. The van der Waals surface area contributed by atoms with E-state index in [1.54, 1.807) is 6.07 Å². The zero-order valence-corrected chi connectivity index (χ0v) is 11.4. The second kappa shape index (κ2) is 5.45. The lowest BCUT2D eigenvalue weighted by atomic mass is 10.1. The van der Waals surface area contributed by atoms with Crippen molar-refractivity contribution in [3.63, 3.8) is 0 Å². The van der Waals surface area contributed by atoms with Crippen LogP contribution in [0, 0.1) is 5.92 Å². The number of rotatable bonds is 4. The first kappa shape index (κ1) is 13.2. The minimum absolute atomic E-state index is 0.109. The second-order valence-corrected chi connectivity index (χ2v) is 6.24. The smallest absolute Gasteiger partial charge is 0.260 e. The van der Waals surface area contributed by atoms with Crippen LogP contribution in [0.1, 0.15) is 29.9 Å². The van der Waals surface area contributed by atoms with E-state index in [-0.39, 0.29) is 11.8 Å². The first-order valence-electron chi connectivity index (χ1n) is 4.79. The molecule has 0 aliphatic carbocycles. The number of primary amides is 1. The number of nitrogens with two attached hydrogens (primary N) is 1. The van der Waals surface area contributed by atoms with E-state index in [9.17, 15) is 9.59 Å². The van der Waals surface area contributed by atoms with Gasteiger partial charge in [0.2, 0.25) is 5.91 Å². The molecule has 1 aromatic heterocycles. The van der Waals surface area contributed by atoms with Crippen molar-refractivity contribution >= 4 is 44.8 Å². The van der Waals surface area contributed by atoms with Gasteiger partial charge in [0.15, 0.2) is 0 Å². The van der Waals surface area contributed by atoms with Crippen LogP contribution in [0.25, 0.3) is 0 Å². The molecule has 0 aliphatic heterocycles. The first-order valence-corrected chi connectivity index (χ1v) is 6.40. The molecule has 0 atom stereocenters. The Balaban J connectivity index is 2.80. The fourth-order valence-corrected chi connectivity index (χ4v) is 2.62. The molecule has 1 aromatic rings. The van der Waals surface area contributed by atoms with Crippen molar-refractivity contribution in [1.29, 1.82) is 0 Å². The summed E-state index contributed by atoms with van der Waals surface area (Å²) in [5.74, 6) is -0.363. The van der Waals surface area contributed by atoms with E-state index in [0.717, 1.165) is 3.79 Å². The van der Waals surface area contributed by atoms with E-state index < -0.39 is 5.91 Å². The summed E-state index contributed by atoms with van der Waals surface area (Å²) in [6.45, 7) is 3.91. The predicted octanol–water partition coefficient (Wildman–Crippen LogP) is 2.59. The van der Waals surface area contributed by atoms with Gasteiger partial charge in [0.05, 0.1) is 9.47 Å². The summed E-state index contributed by atoms with van der Waals surface area (Å²) >= 11 is 4.46. The molecule has 6 heteroatoms. The number of amides is 2. The largest absolute Gasteiger partial charge is 0.365 e. The molecule has 0 saturated heterocycles. The number of carbonyl (C=O) groups is 2. The van der Waals surface area contributed by atoms with Crippen molar-refractivity contribution in [1.82, 2.24) is 0 Å². The molecular weight excluding hydrogens is 292 g/mol. The Morgan fingerprint density at radius 1 is 1.56 bits per heavy atom. The molecule has 88 valence electrons. The van der Waals surface area contributed by atoms with Crippen LogP contribution in [0.4, 0.5) is 5.69 Å². The Labute approximate surface area is 106 Å². The van der Waals surface area contributed by atoms with Crippen molar-refractivity contribution in [3.8, 4) is 0 Å². The zero-order chi connectivity index (χ0) is 12.3. The summed E-state index contributed by atoms with van der Waals surface area (Å²) in [4.78, 5) is 23.0. The summed E-state index contributed by atoms with van der Waals surface area (Å²) in [5, 5.41) is 2.68. The quantitative estimate of drug-likeness (QED) is 0.897. The molecule has 0 aliphatic rings. The van der Waals surface area contributed by atoms with E-state index in [2.05, 4.69) is 21.2 Å². The van der Waals surface area contributed by atoms with Crippen LogP contribution in [0.15, 0.2) is 9.85 Å². The fraction of sp³-hybridized carbons (Fsp3) is 0.400.